The number of nitrogens with zero attached hydrogens (tertiary/aromatic N) is 1. The summed E-state index contributed by atoms with van der Waals surface area (Å²) in [7, 11) is -3.91. The van der Waals surface area contributed by atoms with Gasteiger partial charge in [0.2, 0.25) is 0 Å². The number of anilines is 1. The van der Waals surface area contributed by atoms with Gasteiger partial charge in [-0.05, 0) is 55.0 Å². The molecule has 1 heterocycles. The van der Waals surface area contributed by atoms with E-state index >= 15 is 0 Å². The van der Waals surface area contributed by atoms with Crippen LogP contribution in [0.5, 0.6) is 0 Å². The minimum absolute atomic E-state index is 0.0692. The summed E-state index contributed by atoms with van der Waals surface area (Å²) in [5, 5.41) is 0.307. The van der Waals surface area contributed by atoms with Crippen molar-refractivity contribution in [3.8, 4) is 0 Å². The van der Waals surface area contributed by atoms with Crippen molar-refractivity contribution in [2.45, 2.75) is 11.8 Å². The average Bonchev–Trinajstić information content (AvgIpc) is 2.68. The summed E-state index contributed by atoms with van der Waals surface area (Å²) in [5.41, 5.74) is 2.37. The third-order valence-corrected chi connectivity index (χ3v) is 5.69. The zero-order chi connectivity index (χ0) is 20.3. The third-order valence-electron chi connectivity index (χ3n) is 4.07. The Kier molecular flexibility index (Phi) is 5.63. The first-order chi connectivity index (χ1) is 13.3. The Morgan fingerprint density at radius 1 is 1.00 bits per heavy atom. The fourth-order valence-corrected chi connectivity index (χ4v) is 3.82. The number of hydrogen-bond acceptors (Lipinski definition) is 4. The minimum Gasteiger partial charge on any atom is -0.289 e. The SMILES string of the molecule is C=C(C)c1ccc(S(=O)(=O)Nc2cc(Cl)ccc2C(=O)c2ccncc2)cc1. The highest BCUT2D eigenvalue weighted by Crippen LogP contribution is 2.26. The van der Waals surface area contributed by atoms with Crippen molar-refractivity contribution >= 4 is 38.7 Å². The number of ketones is 1. The molecule has 3 aromatic rings. The van der Waals surface area contributed by atoms with E-state index in [-0.39, 0.29) is 21.9 Å². The highest BCUT2D eigenvalue weighted by atomic mass is 35.5. The van der Waals surface area contributed by atoms with Crippen molar-refractivity contribution in [1.29, 1.82) is 0 Å². The molecule has 0 atom stereocenters. The molecule has 142 valence electrons. The second-order valence-electron chi connectivity index (χ2n) is 6.17. The number of pyridine rings is 1. The number of nitrogens with one attached hydrogen (secondary N) is 1. The Hall–Kier alpha value is -2.96. The number of halogens is 1. The Bertz CT molecular complexity index is 1140. The number of allylic oxidation sites excluding steroid dienone is 1. The maximum atomic E-state index is 12.8. The van der Waals surface area contributed by atoms with Crippen molar-refractivity contribution in [3.05, 3.63) is 95.3 Å². The van der Waals surface area contributed by atoms with Crippen LogP contribution in [0.4, 0.5) is 5.69 Å². The first-order valence-corrected chi connectivity index (χ1v) is 10.2. The van der Waals surface area contributed by atoms with Crippen molar-refractivity contribution < 1.29 is 13.2 Å². The number of carbonyl (C=O) groups excluding carboxylic acids is 1. The Balaban J connectivity index is 1.98. The van der Waals surface area contributed by atoms with E-state index in [2.05, 4.69) is 16.3 Å². The van der Waals surface area contributed by atoms with Gasteiger partial charge < -0.3 is 0 Å². The summed E-state index contributed by atoms with van der Waals surface area (Å²) in [4.78, 5) is 16.8. The van der Waals surface area contributed by atoms with E-state index < -0.39 is 10.0 Å². The molecule has 28 heavy (non-hydrogen) atoms. The van der Waals surface area contributed by atoms with Gasteiger partial charge in [0.1, 0.15) is 0 Å². The summed E-state index contributed by atoms with van der Waals surface area (Å²) in [6.07, 6.45) is 2.99. The van der Waals surface area contributed by atoms with E-state index in [1.807, 2.05) is 6.92 Å². The lowest BCUT2D eigenvalue weighted by atomic mass is 10.0. The average molecular weight is 413 g/mol. The fraction of sp³-hybridized carbons (Fsp3) is 0.0476. The number of rotatable bonds is 6. The lowest BCUT2D eigenvalue weighted by molar-refractivity contribution is 0.103. The number of hydrogen-bond donors (Lipinski definition) is 1. The van der Waals surface area contributed by atoms with Crippen LogP contribution in [0.3, 0.4) is 0 Å². The zero-order valence-electron chi connectivity index (χ0n) is 15.0. The molecule has 0 saturated carbocycles. The van der Waals surface area contributed by atoms with E-state index in [0.717, 1.165) is 11.1 Å². The zero-order valence-corrected chi connectivity index (χ0v) is 16.6. The normalized spacial score (nSPS) is 11.1. The summed E-state index contributed by atoms with van der Waals surface area (Å²) < 4.78 is 28.1. The molecule has 0 aliphatic carbocycles. The number of carbonyl (C=O) groups is 1. The third kappa shape index (κ3) is 4.30. The fourth-order valence-electron chi connectivity index (χ4n) is 2.58. The van der Waals surface area contributed by atoms with E-state index in [1.165, 1.54) is 42.7 Å². The molecule has 1 aromatic heterocycles. The van der Waals surface area contributed by atoms with E-state index in [9.17, 15) is 13.2 Å². The molecule has 0 amide bonds. The molecule has 0 saturated heterocycles. The van der Waals surface area contributed by atoms with Gasteiger partial charge in [-0.15, -0.1) is 0 Å². The summed E-state index contributed by atoms with van der Waals surface area (Å²) in [6, 6.07) is 13.9. The van der Waals surface area contributed by atoms with Crippen LogP contribution in [0.2, 0.25) is 5.02 Å². The van der Waals surface area contributed by atoms with E-state index in [1.54, 1.807) is 24.3 Å². The molecule has 0 spiro atoms. The van der Waals surface area contributed by atoms with Crippen LogP contribution in [0.25, 0.3) is 5.57 Å². The van der Waals surface area contributed by atoms with Crippen LogP contribution < -0.4 is 4.72 Å². The monoisotopic (exact) mass is 412 g/mol. The topological polar surface area (TPSA) is 76.1 Å². The van der Waals surface area contributed by atoms with Gasteiger partial charge in [0.05, 0.1) is 10.6 Å². The summed E-state index contributed by atoms with van der Waals surface area (Å²) in [6.45, 7) is 5.67. The van der Waals surface area contributed by atoms with Crippen LogP contribution in [0.1, 0.15) is 28.4 Å². The molecule has 0 fully saturated rings. The molecule has 0 aliphatic rings. The number of benzene rings is 2. The Labute approximate surface area is 168 Å². The van der Waals surface area contributed by atoms with Gasteiger partial charge in [-0.25, -0.2) is 8.42 Å². The van der Waals surface area contributed by atoms with Crippen LogP contribution in [-0.4, -0.2) is 19.2 Å². The van der Waals surface area contributed by atoms with Gasteiger partial charge in [0, 0.05) is 28.5 Å². The van der Waals surface area contributed by atoms with Crippen molar-refractivity contribution in [3.63, 3.8) is 0 Å². The van der Waals surface area contributed by atoms with Gasteiger partial charge >= 0.3 is 0 Å². The molecule has 0 aliphatic heterocycles. The maximum absolute atomic E-state index is 12.8. The maximum Gasteiger partial charge on any atom is 0.261 e. The quantitative estimate of drug-likeness (QED) is 0.590. The molecular formula is C21H17ClN2O3S. The molecule has 0 radical (unpaired) electrons. The lowest BCUT2D eigenvalue weighted by Crippen LogP contribution is -2.16. The predicted octanol–water partition coefficient (Wildman–Crippen LogP) is 4.80. The van der Waals surface area contributed by atoms with Crippen molar-refractivity contribution in [1.82, 2.24) is 4.98 Å². The lowest BCUT2D eigenvalue weighted by Gasteiger charge is -2.13. The second kappa shape index (κ2) is 7.96. The largest absolute Gasteiger partial charge is 0.289 e. The van der Waals surface area contributed by atoms with Crippen LogP contribution in [-0.2, 0) is 10.0 Å². The summed E-state index contributed by atoms with van der Waals surface area (Å²) in [5.74, 6) is -0.339. The smallest absolute Gasteiger partial charge is 0.261 e. The highest BCUT2D eigenvalue weighted by Gasteiger charge is 2.20. The van der Waals surface area contributed by atoms with Gasteiger partial charge in [-0.2, -0.15) is 0 Å². The highest BCUT2D eigenvalue weighted by molar-refractivity contribution is 7.92. The van der Waals surface area contributed by atoms with Gasteiger partial charge in [0.15, 0.2) is 5.78 Å². The molecular weight excluding hydrogens is 396 g/mol. The van der Waals surface area contributed by atoms with Crippen LogP contribution in [0, 0.1) is 0 Å². The Morgan fingerprint density at radius 2 is 1.64 bits per heavy atom. The van der Waals surface area contributed by atoms with E-state index in [4.69, 9.17) is 11.6 Å². The van der Waals surface area contributed by atoms with Crippen molar-refractivity contribution in [2.75, 3.05) is 4.72 Å². The summed E-state index contributed by atoms with van der Waals surface area (Å²) >= 11 is 6.03. The van der Waals surface area contributed by atoms with Crippen LogP contribution in [0.15, 0.2) is 78.5 Å². The molecule has 1 N–H and O–H groups in total. The van der Waals surface area contributed by atoms with Crippen LogP contribution >= 0.6 is 11.6 Å². The predicted molar refractivity (Wildman–Crippen MR) is 111 cm³/mol. The second-order valence-corrected chi connectivity index (χ2v) is 8.28. The standard InChI is InChI=1S/C21H17ClN2O3S/c1-14(2)15-3-6-18(7-4-15)28(26,27)24-20-13-17(22)5-8-19(20)21(25)16-9-11-23-12-10-16/h3-13,24H,1H2,2H3. The molecule has 0 unspecified atom stereocenters. The minimum atomic E-state index is -3.91. The first kappa shape index (κ1) is 19.8. The van der Waals surface area contributed by atoms with Gasteiger partial charge in [0.25, 0.3) is 10.0 Å². The van der Waals surface area contributed by atoms with Gasteiger partial charge in [-0.1, -0.05) is 35.9 Å². The Morgan fingerprint density at radius 3 is 2.25 bits per heavy atom. The van der Waals surface area contributed by atoms with Crippen molar-refractivity contribution in [2.24, 2.45) is 0 Å². The molecule has 7 heteroatoms. The first-order valence-electron chi connectivity index (χ1n) is 8.31. The molecule has 2 aromatic carbocycles. The number of aromatic nitrogens is 1. The number of sulfonamides is 1. The van der Waals surface area contributed by atoms with Gasteiger partial charge in [-0.3, -0.25) is 14.5 Å². The molecule has 5 nitrogen and oxygen atoms in total. The molecule has 3 rings (SSSR count). The molecule has 0 bridgehead atoms. The van der Waals surface area contributed by atoms with E-state index in [0.29, 0.717) is 10.6 Å².